The van der Waals surface area contributed by atoms with Gasteiger partial charge in [0, 0.05) is 35.3 Å². The number of Topliss-reactive ketones (excluding diaryl/α,β-unsaturated/α-hetero) is 1. The third-order valence-electron chi connectivity index (χ3n) is 12.1. The molecule has 1 saturated heterocycles. The van der Waals surface area contributed by atoms with Crippen LogP contribution in [0.1, 0.15) is 70.2 Å². The van der Waals surface area contributed by atoms with Gasteiger partial charge in [0.05, 0.1) is 28.2 Å². The number of thiazole rings is 1. The minimum atomic E-state index is -1.95. The molecule has 9 heteroatoms. The van der Waals surface area contributed by atoms with Gasteiger partial charge in [-0.15, -0.1) is 23.1 Å². The molecule has 228 valence electrons. The minimum absolute atomic E-state index is 0.0123. The zero-order chi connectivity index (χ0) is 29.8. The minimum Gasteiger partial charge on any atom is -0.390 e. The molecule has 2 heterocycles. The highest BCUT2D eigenvalue weighted by atomic mass is 32.2. The van der Waals surface area contributed by atoms with Crippen LogP contribution >= 0.6 is 23.1 Å². The molecule has 1 aliphatic heterocycles. The molecule has 1 N–H and O–H groups in total. The van der Waals surface area contributed by atoms with Gasteiger partial charge in [-0.2, -0.15) is 0 Å². The Morgan fingerprint density at radius 1 is 1.21 bits per heavy atom. The Morgan fingerprint density at radius 3 is 2.79 bits per heavy atom. The number of hydrogen-bond acceptors (Lipinski definition) is 8. The highest BCUT2D eigenvalue weighted by molar-refractivity contribution is 7.99. The number of ether oxygens (including phenoxy) is 2. The maximum atomic E-state index is 17.7. The van der Waals surface area contributed by atoms with Crippen LogP contribution in [-0.4, -0.2) is 56.7 Å². The summed E-state index contributed by atoms with van der Waals surface area (Å²) in [6.45, 7) is 3.89. The van der Waals surface area contributed by atoms with E-state index in [-0.39, 0.29) is 29.7 Å². The number of carbonyl (C=O) groups excluding carboxylic acids is 2. The maximum absolute atomic E-state index is 17.7. The topological polar surface area (TPSA) is 85.7 Å². The Labute approximate surface area is 259 Å². The van der Waals surface area contributed by atoms with E-state index in [0.29, 0.717) is 25.0 Å². The lowest BCUT2D eigenvalue weighted by Gasteiger charge is -2.62. The molecule has 5 fully saturated rings. The number of aliphatic hydroxyl groups excluding tert-OH is 1. The van der Waals surface area contributed by atoms with Gasteiger partial charge in [0.1, 0.15) is 5.01 Å². The van der Waals surface area contributed by atoms with Crippen molar-refractivity contribution in [3.8, 4) is 0 Å². The number of aliphatic hydroxyl groups is 1. The quantitative estimate of drug-likeness (QED) is 0.407. The van der Waals surface area contributed by atoms with Crippen molar-refractivity contribution in [3.63, 3.8) is 0 Å². The summed E-state index contributed by atoms with van der Waals surface area (Å²) in [5.74, 6) is -0.743. The average Bonchev–Trinajstić information content (AvgIpc) is 3.73. The van der Waals surface area contributed by atoms with Crippen LogP contribution in [0.4, 0.5) is 4.39 Å². The van der Waals surface area contributed by atoms with E-state index in [9.17, 15) is 14.7 Å². The number of fused-ring (bicyclic) bond motifs is 8. The molecule has 1 aromatic heterocycles. The first-order valence-electron chi connectivity index (χ1n) is 15.7. The summed E-state index contributed by atoms with van der Waals surface area (Å²) < 4.78 is 32.6. The second kappa shape index (κ2) is 9.55. The second-order valence-electron chi connectivity index (χ2n) is 14.1. The molecule has 1 aromatic carbocycles. The highest BCUT2D eigenvalue weighted by Crippen LogP contribution is 2.73. The Kier molecular flexibility index (Phi) is 6.34. The Morgan fingerprint density at radius 2 is 2.00 bits per heavy atom. The SMILES string of the molecule is CC12C[C@H](O)[C@@]3(F)C(CCC4=CC(=O)C=CC43C)C1C[C@H]1OC3(CCCC3)O[C@]12C(=O)CSCc1nc2ccccc2s1. The summed E-state index contributed by atoms with van der Waals surface area (Å²) in [6, 6.07) is 8.05. The smallest absolute Gasteiger partial charge is 0.178 e. The van der Waals surface area contributed by atoms with Gasteiger partial charge in [0.15, 0.2) is 28.6 Å². The van der Waals surface area contributed by atoms with E-state index in [4.69, 9.17) is 14.5 Å². The largest absolute Gasteiger partial charge is 0.390 e. The van der Waals surface area contributed by atoms with Crippen molar-refractivity contribution in [1.29, 1.82) is 0 Å². The third-order valence-corrected chi connectivity index (χ3v) is 14.2. The van der Waals surface area contributed by atoms with Gasteiger partial charge in [-0.05, 0) is 75.7 Å². The first-order chi connectivity index (χ1) is 20.5. The van der Waals surface area contributed by atoms with Crippen LogP contribution in [0.2, 0.25) is 0 Å². The predicted molar refractivity (Wildman–Crippen MR) is 164 cm³/mol. The summed E-state index contributed by atoms with van der Waals surface area (Å²) in [5.41, 5.74) is -3.32. The maximum Gasteiger partial charge on any atom is 0.178 e. The van der Waals surface area contributed by atoms with Crippen molar-refractivity contribution in [1.82, 2.24) is 4.98 Å². The van der Waals surface area contributed by atoms with E-state index in [1.807, 2.05) is 25.1 Å². The molecule has 8 rings (SSSR count). The molecule has 0 radical (unpaired) electrons. The van der Waals surface area contributed by atoms with E-state index in [1.165, 1.54) is 6.08 Å². The average molecular weight is 624 g/mol. The van der Waals surface area contributed by atoms with Crippen molar-refractivity contribution in [2.45, 2.75) is 100 Å². The van der Waals surface area contributed by atoms with Crippen molar-refractivity contribution in [2.75, 3.05) is 5.75 Å². The summed E-state index contributed by atoms with van der Waals surface area (Å²) >= 11 is 3.19. The fourth-order valence-electron chi connectivity index (χ4n) is 10.1. The lowest BCUT2D eigenvalue weighted by atomic mass is 9.44. The number of thioether (sulfide) groups is 1. The number of carbonyl (C=O) groups is 2. The molecule has 5 aliphatic carbocycles. The van der Waals surface area contributed by atoms with Gasteiger partial charge < -0.3 is 14.6 Å². The van der Waals surface area contributed by atoms with Crippen LogP contribution in [0.25, 0.3) is 10.2 Å². The molecule has 6 nitrogen and oxygen atoms in total. The highest BCUT2D eigenvalue weighted by Gasteiger charge is 2.80. The number of ketones is 2. The number of benzene rings is 1. The number of halogens is 1. The predicted octanol–water partition coefficient (Wildman–Crippen LogP) is 6.50. The zero-order valence-corrected chi connectivity index (χ0v) is 26.3. The molecule has 0 bridgehead atoms. The van der Waals surface area contributed by atoms with Crippen LogP contribution in [0, 0.1) is 22.7 Å². The van der Waals surface area contributed by atoms with Gasteiger partial charge in [0.2, 0.25) is 0 Å². The van der Waals surface area contributed by atoms with E-state index >= 15 is 4.39 Å². The van der Waals surface area contributed by atoms with Crippen LogP contribution < -0.4 is 0 Å². The van der Waals surface area contributed by atoms with Crippen molar-refractivity contribution in [3.05, 3.63) is 53.1 Å². The third kappa shape index (κ3) is 3.72. The number of allylic oxidation sites excluding steroid dienone is 4. The molecule has 4 unspecified atom stereocenters. The molecular weight excluding hydrogens is 586 g/mol. The first-order valence-corrected chi connectivity index (χ1v) is 17.7. The molecule has 43 heavy (non-hydrogen) atoms. The molecule has 6 aliphatic rings. The molecule has 8 atom stereocenters. The standard InChI is InChI=1S/C34H38FNO5S2/c1-30-14-11-21(37)15-20(30)9-10-22-23-16-28-34(41-32(40-28)12-5-6-13-32,31(23,2)17-26(38)33(22,30)35)27(39)18-42-19-29-36-24-7-3-4-8-25(24)43-29/h3-4,7-8,11,14-15,22-23,26,28,38H,5-6,9-10,12-13,16-19H2,1-2H3/t22?,23?,26-,28+,30?,31?,33-,34+/m0/s1. The molecule has 0 amide bonds. The number of rotatable bonds is 5. The van der Waals surface area contributed by atoms with Crippen LogP contribution in [-0.2, 0) is 24.8 Å². The van der Waals surface area contributed by atoms with E-state index in [1.54, 1.807) is 35.3 Å². The molecule has 2 aromatic rings. The van der Waals surface area contributed by atoms with E-state index in [0.717, 1.165) is 46.5 Å². The monoisotopic (exact) mass is 623 g/mol. The van der Waals surface area contributed by atoms with Gasteiger partial charge >= 0.3 is 0 Å². The molecule has 1 spiro atoms. The fraction of sp³-hybridized carbons (Fsp3) is 0.618. The first kappa shape index (κ1) is 28.6. The Balaban J connectivity index is 1.13. The summed E-state index contributed by atoms with van der Waals surface area (Å²) in [4.78, 5) is 31.6. The van der Waals surface area contributed by atoms with Gasteiger partial charge in [-0.25, -0.2) is 9.37 Å². The Hall–Kier alpha value is -1.91. The van der Waals surface area contributed by atoms with E-state index in [2.05, 4.69) is 13.0 Å². The number of para-hydroxylation sites is 1. The molecule has 4 saturated carbocycles. The summed E-state index contributed by atoms with van der Waals surface area (Å²) in [7, 11) is 0. The van der Waals surface area contributed by atoms with Crippen LogP contribution in [0.15, 0.2) is 48.1 Å². The fourth-order valence-corrected chi connectivity index (χ4v) is 12.1. The number of alkyl halides is 1. The normalized spacial score (nSPS) is 42.5. The lowest BCUT2D eigenvalue weighted by molar-refractivity contribution is -0.252. The van der Waals surface area contributed by atoms with Gasteiger partial charge in [0.25, 0.3) is 0 Å². The number of nitrogens with zero attached hydrogens (tertiary/aromatic N) is 1. The van der Waals surface area contributed by atoms with Crippen LogP contribution in [0.3, 0.4) is 0 Å². The van der Waals surface area contributed by atoms with Crippen LogP contribution in [0.5, 0.6) is 0 Å². The summed E-state index contributed by atoms with van der Waals surface area (Å²) in [5, 5.41) is 12.9. The zero-order valence-electron chi connectivity index (χ0n) is 24.6. The number of hydrogen-bond donors (Lipinski definition) is 1. The second-order valence-corrected chi connectivity index (χ2v) is 16.2. The molecular formula is C34H38FNO5S2. The Bertz CT molecular complexity index is 1550. The van der Waals surface area contributed by atoms with Crippen molar-refractivity contribution < 1.29 is 28.6 Å². The van der Waals surface area contributed by atoms with Gasteiger partial charge in [-0.3, -0.25) is 9.59 Å². The lowest BCUT2D eigenvalue weighted by Crippen LogP contribution is -2.70. The number of aromatic nitrogens is 1. The van der Waals surface area contributed by atoms with Crippen molar-refractivity contribution in [2.24, 2.45) is 22.7 Å². The van der Waals surface area contributed by atoms with E-state index < -0.39 is 46.0 Å². The summed E-state index contributed by atoms with van der Waals surface area (Å²) in [6.07, 6.45) is 8.14. The van der Waals surface area contributed by atoms with Crippen molar-refractivity contribution >= 4 is 44.9 Å². The van der Waals surface area contributed by atoms with Gasteiger partial charge in [-0.1, -0.05) is 30.7 Å².